The summed E-state index contributed by atoms with van der Waals surface area (Å²) in [7, 11) is 0. The van der Waals surface area contributed by atoms with E-state index in [-0.39, 0.29) is 17.9 Å². The van der Waals surface area contributed by atoms with Gasteiger partial charge in [0.2, 0.25) is 0 Å². The fourth-order valence-electron chi connectivity index (χ4n) is 3.64. The van der Waals surface area contributed by atoms with Crippen LogP contribution in [0.3, 0.4) is 0 Å². The Balaban J connectivity index is 1.88. The van der Waals surface area contributed by atoms with Crippen molar-refractivity contribution in [2.24, 2.45) is 5.92 Å². The molecular formula is C13H18N2O3. The van der Waals surface area contributed by atoms with Gasteiger partial charge in [-0.25, -0.2) is 0 Å². The van der Waals surface area contributed by atoms with Crippen molar-refractivity contribution in [3.8, 4) is 6.07 Å². The SMILES string of the molecule is N#CCCN1C(=O)C2(OCCO2)[C@H]2CCCC[C@H]21. The highest BCUT2D eigenvalue weighted by Crippen LogP contribution is 2.47. The Hall–Kier alpha value is -1.12. The summed E-state index contributed by atoms with van der Waals surface area (Å²) >= 11 is 0. The van der Waals surface area contributed by atoms with E-state index in [2.05, 4.69) is 6.07 Å². The van der Waals surface area contributed by atoms with Crippen molar-refractivity contribution < 1.29 is 14.3 Å². The van der Waals surface area contributed by atoms with Crippen LogP contribution in [0.2, 0.25) is 0 Å². The number of rotatable bonds is 2. The standard InChI is InChI=1S/C13H18N2O3/c14-6-3-7-15-11-5-2-1-4-10(11)13(12(15)16)17-8-9-18-13/h10-11H,1-5,7-9H2/t10-,11+/m0/s1. The van der Waals surface area contributed by atoms with Crippen molar-refractivity contribution in [1.29, 1.82) is 5.26 Å². The average molecular weight is 250 g/mol. The molecule has 2 aliphatic heterocycles. The van der Waals surface area contributed by atoms with E-state index in [1.807, 2.05) is 4.90 Å². The van der Waals surface area contributed by atoms with Crippen LogP contribution in [0.5, 0.6) is 0 Å². The summed E-state index contributed by atoms with van der Waals surface area (Å²) in [6, 6.07) is 2.32. The highest BCUT2D eigenvalue weighted by molar-refractivity contribution is 5.87. The molecule has 5 heteroatoms. The van der Waals surface area contributed by atoms with Gasteiger partial charge >= 0.3 is 0 Å². The Morgan fingerprint density at radius 1 is 1.33 bits per heavy atom. The predicted molar refractivity (Wildman–Crippen MR) is 62.3 cm³/mol. The summed E-state index contributed by atoms with van der Waals surface area (Å²) in [6.07, 6.45) is 4.66. The molecule has 1 spiro atoms. The second-order valence-corrected chi connectivity index (χ2v) is 5.23. The molecule has 0 bridgehead atoms. The third-order valence-electron chi connectivity index (χ3n) is 4.36. The van der Waals surface area contributed by atoms with Crippen molar-refractivity contribution in [3.05, 3.63) is 0 Å². The summed E-state index contributed by atoms with van der Waals surface area (Å²) in [5.41, 5.74) is 0. The molecule has 3 fully saturated rings. The first-order valence-corrected chi connectivity index (χ1v) is 6.75. The lowest BCUT2D eigenvalue weighted by atomic mass is 9.82. The zero-order valence-electron chi connectivity index (χ0n) is 10.4. The molecule has 1 aliphatic carbocycles. The number of nitrogens with zero attached hydrogens (tertiary/aromatic N) is 2. The molecule has 3 aliphatic rings. The minimum atomic E-state index is -1.01. The molecule has 18 heavy (non-hydrogen) atoms. The van der Waals surface area contributed by atoms with Crippen LogP contribution in [-0.2, 0) is 14.3 Å². The van der Waals surface area contributed by atoms with Crippen LogP contribution in [0, 0.1) is 17.2 Å². The van der Waals surface area contributed by atoms with Gasteiger partial charge < -0.3 is 14.4 Å². The van der Waals surface area contributed by atoms with E-state index in [1.165, 1.54) is 0 Å². The summed E-state index contributed by atoms with van der Waals surface area (Å²) in [4.78, 5) is 14.4. The lowest BCUT2D eigenvalue weighted by Crippen LogP contribution is -2.44. The number of amides is 1. The molecule has 0 unspecified atom stereocenters. The molecule has 0 N–H and O–H groups in total. The van der Waals surface area contributed by atoms with Gasteiger partial charge in [-0.1, -0.05) is 12.8 Å². The Labute approximate surface area is 107 Å². The monoisotopic (exact) mass is 250 g/mol. The molecule has 98 valence electrons. The third kappa shape index (κ3) is 1.56. The summed E-state index contributed by atoms with van der Waals surface area (Å²) in [5.74, 6) is -0.910. The normalized spacial score (nSPS) is 33.7. The van der Waals surface area contributed by atoms with Gasteiger partial charge in [0.15, 0.2) is 0 Å². The number of fused-ring (bicyclic) bond motifs is 2. The molecule has 2 saturated heterocycles. The number of hydrogen-bond acceptors (Lipinski definition) is 4. The average Bonchev–Trinajstić information content (AvgIpc) is 2.97. The van der Waals surface area contributed by atoms with Crippen LogP contribution in [0.4, 0.5) is 0 Å². The molecule has 0 radical (unpaired) electrons. The van der Waals surface area contributed by atoms with E-state index < -0.39 is 5.79 Å². The quantitative estimate of drug-likeness (QED) is 0.734. The smallest absolute Gasteiger partial charge is 0.283 e. The number of carbonyl (C=O) groups is 1. The summed E-state index contributed by atoms with van der Waals surface area (Å²) in [6.45, 7) is 1.51. The van der Waals surface area contributed by atoms with E-state index in [4.69, 9.17) is 14.7 Å². The molecule has 3 rings (SSSR count). The topological polar surface area (TPSA) is 62.6 Å². The van der Waals surface area contributed by atoms with Crippen molar-refractivity contribution in [1.82, 2.24) is 4.90 Å². The molecule has 1 amide bonds. The molecular weight excluding hydrogens is 232 g/mol. The van der Waals surface area contributed by atoms with Gasteiger partial charge in [0, 0.05) is 18.5 Å². The maximum Gasteiger partial charge on any atom is 0.283 e. The molecule has 2 heterocycles. The first-order chi connectivity index (χ1) is 8.79. The van der Waals surface area contributed by atoms with Gasteiger partial charge in [0.05, 0.1) is 25.7 Å². The van der Waals surface area contributed by atoms with Crippen LogP contribution in [-0.4, -0.2) is 42.4 Å². The zero-order valence-corrected chi connectivity index (χ0v) is 10.4. The van der Waals surface area contributed by atoms with Crippen molar-refractivity contribution >= 4 is 5.91 Å². The highest BCUT2D eigenvalue weighted by Gasteiger charge is 2.63. The lowest BCUT2D eigenvalue weighted by molar-refractivity contribution is -0.194. The van der Waals surface area contributed by atoms with Gasteiger partial charge in [-0.3, -0.25) is 4.79 Å². The number of hydrogen-bond donors (Lipinski definition) is 0. The fraction of sp³-hybridized carbons (Fsp3) is 0.846. The Bertz CT molecular complexity index is 384. The molecule has 2 atom stereocenters. The number of nitriles is 1. The van der Waals surface area contributed by atoms with Crippen LogP contribution in [0.15, 0.2) is 0 Å². The van der Waals surface area contributed by atoms with Crippen LogP contribution in [0.25, 0.3) is 0 Å². The van der Waals surface area contributed by atoms with E-state index in [1.54, 1.807) is 0 Å². The van der Waals surface area contributed by atoms with Crippen LogP contribution in [0.1, 0.15) is 32.1 Å². The van der Waals surface area contributed by atoms with Gasteiger partial charge in [-0.15, -0.1) is 0 Å². The minimum Gasteiger partial charge on any atom is -0.339 e. The predicted octanol–water partition coefficient (Wildman–Crippen LogP) is 1.04. The van der Waals surface area contributed by atoms with E-state index in [9.17, 15) is 4.79 Å². The second-order valence-electron chi connectivity index (χ2n) is 5.23. The van der Waals surface area contributed by atoms with Gasteiger partial charge in [-0.2, -0.15) is 5.26 Å². The lowest BCUT2D eigenvalue weighted by Gasteiger charge is -2.32. The van der Waals surface area contributed by atoms with Gasteiger partial charge in [0.1, 0.15) is 0 Å². The molecule has 1 saturated carbocycles. The Morgan fingerprint density at radius 3 is 2.78 bits per heavy atom. The largest absolute Gasteiger partial charge is 0.339 e. The van der Waals surface area contributed by atoms with Crippen LogP contribution >= 0.6 is 0 Å². The number of likely N-dealkylation sites (tertiary alicyclic amines) is 1. The maximum atomic E-state index is 12.6. The fourth-order valence-corrected chi connectivity index (χ4v) is 3.64. The summed E-state index contributed by atoms with van der Waals surface area (Å²) < 4.78 is 11.4. The van der Waals surface area contributed by atoms with Crippen molar-refractivity contribution in [3.63, 3.8) is 0 Å². The molecule has 0 aromatic rings. The Morgan fingerprint density at radius 2 is 2.06 bits per heavy atom. The molecule has 0 aromatic heterocycles. The second kappa shape index (κ2) is 4.52. The molecule has 0 aromatic carbocycles. The van der Waals surface area contributed by atoms with Crippen molar-refractivity contribution in [2.45, 2.75) is 43.9 Å². The zero-order chi connectivity index (χ0) is 12.6. The van der Waals surface area contributed by atoms with Crippen molar-refractivity contribution in [2.75, 3.05) is 19.8 Å². The van der Waals surface area contributed by atoms with E-state index >= 15 is 0 Å². The first-order valence-electron chi connectivity index (χ1n) is 6.75. The van der Waals surface area contributed by atoms with Crippen LogP contribution < -0.4 is 0 Å². The van der Waals surface area contributed by atoms with E-state index in [0.717, 1.165) is 25.7 Å². The third-order valence-corrected chi connectivity index (χ3v) is 4.36. The summed E-state index contributed by atoms with van der Waals surface area (Å²) in [5, 5.41) is 8.72. The highest BCUT2D eigenvalue weighted by atomic mass is 16.7. The minimum absolute atomic E-state index is 0.0489. The first kappa shape index (κ1) is 11.9. The number of ether oxygens (including phenoxy) is 2. The van der Waals surface area contributed by atoms with Gasteiger partial charge in [0.25, 0.3) is 11.7 Å². The number of carbonyl (C=O) groups excluding carboxylic acids is 1. The Kier molecular flexibility index (Phi) is 3.00. The van der Waals surface area contributed by atoms with E-state index in [0.29, 0.717) is 26.2 Å². The van der Waals surface area contributed by atoms with Gasteiger partial charge in [-0.05, 0) is 12.8 Å². The maximum absolute atomic E-state index is 12.6. The molecule has 5 nitrogen and oxygen atoms in total.